The predicted octanol–water partition coefficient (Wildman–Crippen LogP) is 0.597. The summed E-state index contributed by atoms with van der Waals surface area (Å²) in [4.78, 5) is 13.1. The van der Waals surface area contributed by atoms with Crippen LogP contribution in [0.4, 0.5) is 0 Å². The summed E-state index contributed by atoms with van der Waals surface area (Å²) in [5, 5.41) is 8.93. The molecular formula is C13H24N2O4S. The molecule has 2 rings (SSSR count). The van der Waals surface area contributed by atoms with E-state index in [1.165, 1.54) is 6.26 Å². The Morgan fingerprint density at radius 2 is 1.95 bits per heavy atom. The molecule has 0 aliphatic carbocycles. The summed E-state index contributed by atoms with van der Waals surface area (Å²) in [7, 11) is -3.10. The molecule has 7 heteroatoms. The summed E-state index contributed by atoms with van der Waals surface area (Å²) in [6.07, 6.45) is 5.37. The van der Waals surface area contributed by atoms with Crippen molar-refractivity contribution in [3.05, 3.63) is 0 Å². The molecule has 2 fully saturated rings. The van der Waals surface area contributed by atoms with Gasteiger partial charge < -0.3 is 5.11 Å². The van der Waals surface area contributed by atoms with Crippen molar-refractivity contribution in [3.8, 4) is 0 Å². The number of carboxylic acids is 1. The second-order valence-corrected chi connectivity index (χ2v) is 8.00. The summed E-state index contributed by atoms with van der Waals surface area (Å²) < 4.78 is 24.8. The molecule has 2 saturated heterocycles. The average molecular weight is 304 g/mol. The lowest BCUT2D eigenvalue weighted by Crippen LogP contribution is -2.44. The fraction of sp³-hybridized carbons (Fsp3) is 0.923. The second kappa shape index (κ2) is 6.41. The molecule has 0 saturated carbocycles. The van der Waals surface area contributed by atoms with Gasteiger partial charge in [0.2, 0.25) is 10.0 Å². The lowest BCUT2D eigenvalue weighted by Gasteiger charge is -2.34. The average Bonchev–Trinajstić information content (AvgIpc) is 2.75. The van der Waals surface area contributed by atoms with Crippen LogP contribution in [0.1, 0.15) is 32.1 Å². The molecule has 0 bridgehead atoms. The normalized spacial score (nSPS) is 29.6. The van der Waals surface area contributed by atoms with Crippen LogP contribution in [-0.4, -0.2) is 67.2 Å². The first-order valence-corrected chi connectivity index (χ1v) is 9.12. The highest BCUT2D eigenvalue weighted by molar-refractivity contribution is 7.88. The molecule has 0 spiro atoms. The second-order valence-electron chi connectivity index (χ2n) is 6.02. The van der Waals surface area contributed by atoms with Gasteiger partial charge in [-0.1, -0.05) is 0 Å². The summed E-state index contributed by atoms with van der Waals surface area (Å²) in [5.41, 5.74) is 0. The van der Waals surface area contributed by atoms with Gasteiger partial charge in [0.25, 0.3) is 0 Å². The van der Waals surface area contributed by atoms with Crippen LogP contribution in [0.3, 0.4) is 0 Å². The third-order valence-electron chi connectivity index (χ3n) is 4.35. The van der Waals surface area contributed by atoms with Gasteiger partial charge in [-0.3, -0.25) is 9.69 Å². The van der Waals surface area contributed by atoms with Gasteiger partial charge in [-0.15, -0.1) is 0 Å². The number of likely N-dealkylation sites (tertiary alicyclic amines) is 1. The third kappa shape index (κ3) is 4.17. The van der Waals surface area contributed by atoms with E-state index in [-0.39, 0.29) is 12.5 Å². The van der Waals surface area contributed by atoms with E-state index < -0.39 is 16.0 Å². The van der Waals surface area contributed by atoms with Gasteiger partial charge in [-0.2, -0.15) is 0 Å². The van der Waals surface area contributed by atoms with Gasteiger partial charge >= 0.3 is 5.97 Å². The Hall–Kier alpha value is -0.660. The molecule has 116 valence electrons. The topological polar surface area (TPSA) is 77.9 Å². The molecule has 2 aliphatic rings. The van der Waals surface area contributed by atoms with Crippen LogP contribution >= 0.6 is 0 Å². The Morgan fingerprint density at radius 3 is 2.60 bits per heavy atom. The number of rotatable bonds is 5. The number of hydrogen-bond acceptors (Lipinski definition) is 4. The van der Waals surface area contributed by atoms with E-state index in [4.69, 9.17) is 5.11 Å². The molecule has 2 heterocycles. The molecule has 0 aromatic heterocycles. The monoisotopic (exact) mass is 304 g/mol. The number of nitrogens with zero attached hydrogens (tertiary/aromatic N) is 2. The molecule has 0 aromatic rings. The molecule has 0 amide bonds. The molecule has 6 nitrogen and oxygen atoms in total. The number of hydrogen-bond donors (Lipinski definition) is 1. The minimum atomic E-state index is -3.10. The van der Waals surface area contributed by atoms with Crippen LogP contribution in [-0.2, 0) is 14.8 Å². The quantitative estimate of drug-likeness (QED) is 0.804. The van der Waals surface area contributed by atoms with Crippen LogP contribution in [0, 0.1) is 5.92 Å². The van der Waals surface area contributed by atoms with E-state index in [0.29, 0.717) is 19.0 Å². The van der Waals surface area contributed by atoms with E-state index >= 15 is 0 Å². The number of carboxylic acid groups (broad SMARTS) is 1. The Kier molecular flexibility index (Phi) is 5.04. The van der Waals surface area contributed by atoms with Crippen LogP contribution in [0.15, 0.2) is 0 Å². The van der Waals surface area contributed by atoms with Gasteiger partial charge in [0, 0.05) is 25.7 Å². The Balaban J connectivity index is 1.90. The van der Waals surface area contributed by atoms with Crippen molar-refractivity contribution in [1.82, 2.24) is 9.21 Å². The minimum Gasteiger partial charge on any atom is -0.481 e. The summed E-state index contributed by atoms with van der Waals surface area (Å²) in [5.74, 6) is -0.420. The zero-order valence-electron chi connectivity index (χ0n) is 12.0. The lowest BCUT2D eigenvalue weighted by molar-refractivity contribution is -0.138. The van der Waals surface area contributed by atoms with Crippen molar-refractivity contribution in [2.24, 2.45) is 5.92 Å². The fourth-order valence-electron chi connectivity index (χ4n) is 3.38. The fourth-order valence-corrected chi connectivity index (χ4v) is 4.32. The number of piperidine rings is 1. The maximum atomic E-state index is 11.6. The first-order valence-electron chi connectivity index (χ1n) is 7.27. The number of aliphatic carboxylic acids is 1. The van der Waals surface area contributed by atoms with Crippen molar-refractivity contribution in [2.75, 3.05) is 32.4 Å². The maximum Gasteiger partial charge on any atom is 0.304 e. The first kappa shape index (κ1) is 15.7. The SMILES string of the molecule is CS(=O)(=O)N1CCCC(CN2CCCC2CC(=O)O)C1. The standard InChI is InChI=1S/C13H24N2O4S/c1-20(18,19)15-7-2-4-11(10-15)9-14-6-3-5-12(14)8-13(16)17/h11-12H,2-10H2,1H3,(H,16,17). The van der Waals surface area contributed by atoms with Crippen molar-refractivity contribution >= 4 is 16.0 Å². The highest BCUT2D eigenvalue weighted by Crippen LogP contribution is 2.25. The molecule has 2 aliphatic heterocycles. The number of sulfonamides is 1. The van der Waals surface area contributed by atoms with E-state index in [9.17, 15) is 13.2 Å². The summed E-state index contributed by atoms with van der Waals surface area (Å²) >= 11 is 0. The number of carbonyl (C=O) groups is 1. The van der Waals surface area contributed by atoms with Gasteiger partial charge in [-0.25, -0.2) is 12.7 Å². The zero-order valence-corrected chi connectivity index (χ0v) is 12.8. The molecule has 20 heavy (non-hydrogen) atoms. The largest absolute Gasteiger partial charge is 0.481 e. The lowest BCUT2D eigenvalue weighted by atomic mass is 9.98. The minimum absolute atomic E-state index is 0.126. The third-order valence-corrected chi connectivity index (χ3v) is 5.62. The molecule has 1 N–H and O–H groups in total. The maximum absolute atomic E-state index is 11.6. The molecule has 0 radical (unpaired) electrons. The van der Waals surface area contributed by atoms with E-state index in [2.05, 4.69) is 4.90 Å². The van der Waals surface area contributed by atoms with Crippen molar-refractivity contribution in [3.63, 3.8) is 0 Å². The highest BCUT2D eigenvalue weighted by Gasteiger charge is 2.31. The Bertz CT molecular complexity index is 451. The highest BCUT2D eigenvalue weighted by atomic mass is 32.2. The van der Waals surface area contributed by atoms with E-state index in [1.807, 2.05) is 0 Å². The van der Waals surface area contributed by atoms with Crippen LogP contribution in [0.25, 0.3) is 0 Å². The zero-order chi connectivity index (χ0) is 14.8. The van der Waals surface area contributed by atoms with E-state index in [0.717, 1.165) is 38.8 Å². The molecule has 2 atom stereocenters. The first-order chi connectivity index (χ1) is 9.36. The van der Waals surface area contributed by atoms with Crippen LogP contribution < -0.4 is 0 Å². The predicted molar refractivity (Wildman–Crippen MR) is 76.0 cm³/mol. The smallest absolute Gasteiger partial charge is 0.304 e. The molecular weight excluding hydrogens is 280 g/mol. The van der Waals surface area contributed by atoms with Gasteiger partial charge in [0.1, 0.15) is 0 Å². The van der Waals surface area contributed by atoms with Crippen molar-refractivity contribution < 1.29 is 18.3 Å². The van der Waals surface area contributed by atoms with Crippen molar-refractivity contribution in [2.45, 2.75) is 38.1 Å². The Morgan fingerprint density at radius 1 is 1.25 bits per heavy atom. The van der Waals surface area contributed by atoms with Gasteiger partial charge in [0.05, 0.1) is 12.7 Å². The molecule has 2 unspecified atom stereocenters. The molecule has 0 aromatic carbocycles. The Labute approximate surface area is 120 Å². The van der Waals surface area contributed by atoms with Crippen LogP contribution in [0.2, 0.25) is 0 Å². The van der Waals surface area contributed by atoms with Crippen LogP contribution in [0.5, 0.6) is 0 Å². The van der Waals surface area contributed by atoms with Crippen molar-refractivity contribution in [1.29, 1.82) is 0 Å². The summed E-state index contributed by atoms with van der Waals surface area (Å²) in [6.45, 7) is 2.96. The van der Waals surface area contributed by atoms with Gasteiger partial charge in [0.15, 0.2) is 0 Å². The van der Waals surface area contributed by atoms with E-state index in [1.54, 1.807) is 4.31 Å². The summed E-state index contributed by atoms with van der Waals surface area (Å²) in [6, 6.07) is 0.126. The van der Waals surface area contributed by atoms with Gasteiger partial charge in [-0.05, 0) is 38.1 Å².